The standard InChI is InChI=1S/C15H16F3NO4/c1-10(19-14(20)13-9-21-6-7-22-13)8-23-12-5-3-2-4-11(12)15(16,17)18/h2-5,9-10H,6-8H2,1H3,(H,19,20)/t10-/m0/s1. The van der Waals surface area contributed by atoms with Gasteiger partial charge in [0.05, 0.1) is 11.6 Å². The lowest BCUT2D eigenvalue weighted by Crippen LogP contribution is -2.38. The van der Waals surface area contributed by atoms with Crippen LogP contribution in [0.1, 0.15) is 12.5 Å². The highest BCUT2D eigenvalue weighted by Gasteiger charge is 2.34. The van der Waals surface area contributed by atoms with E-state index in [0.717, 1.165) is 6.07 Å². The van der Waals surface area contributed by atoms with Gasteiger partial charge in [0.25, 0.3) is 5.91 Å². The van der Waals surface area contributed by atoms with Crippen LogP contribution in [0.15, 0.2) is 36.3 Å². The Morgan fingerprint density at radius 2 is 2.09 bits per heavy atom. The van der Waals surface area contributed by atoms with Crippen LogP contribution >= 0.6 is 0 Å². The van der Waals surface area contributed by atoms with Crippen molar-refractivity contribution in [3.63, 3.8) is 0 Å². The third-order valence-electron chi connectivity index (χ3n) is 2.93. The van der Waals surface area contributed by atoms with E-state index < -0.39 is 23.7 Å². The lowest BCUT2D eigenvalue weighted by atomic mass is 10.2. The van der Waals surface area contributed by atoms with E-state index in [-0.39, 0.29) is 24.7 Å². The van der Waals surface area contributed by atoms with Gasteiger partial charge in [-0.2, -0.15) is 13.2 Å². The average molecular weight is 331 g/mol. The molecule has 1 N–H and O–H groups in total. The predicted molar refractivity (Wildman–Crippen MR) is 74.5 cm³/mol. The number of hydrogen-bond acceptors (Lipinski definition) is 4. The first-order chi connectivity index (χ1) is 10.9. The molecule has 0 aromatic heterocycles. The zero-order valence-corrected chi connectivity index (χ0v) is 12.4. The Bertz CT molecular complexity index is 586. The van der Waals surface area contributed by atoms with Crippen molar-refractivity contribution in [3.8, 4) is 5.75 Å². The van der Waals surface area contributed by atoms with Gasteiger partial charge in [-0.25, -0.2) is 0 Å². The van der Waals surface area contributed by atoms with Crippen molar-refractivity contribution in [3.05, 3.63) is 41.9 Å². The van der Waals surface area contributed by atoms with Crippen molar-refractivity contribution in [2.75, 3.05) is 19.8 Å². The van der Waals surface area contributed by atoms with Crippen LogP contribution in [0.2, 0.25) is 0 Å². The van der Waals surface area contributed by atoms with Crippen molar-refractivity contribution >= 4 is 5.91 Å². The number of carbonyl (C=O) groups excluding carboxylic acids is 1. The Balaban J connectivity index is 1.91. The fourth-order valence-corrected chi connectivity index (χ4v) is 1.87. The van der Waals surface area contributed by atoms with E-state index in [1.165, 1.54) is 24.5 Å². The van der Waals surface area contributed by atoms with Gasteiger partial charge in [-0.15, -0.1) is 0 Å². The summed E-state index contributed by atoms with van der Waals surface area (Å²) in [5, 5.41) is 2.56. The second-order valence-corrected chi connectivity index (χ2v) is 4.88. The first-order valence-electron chi connectivity index (χ1n) is 6.92. The summed E-state index contributed by atoms with van der Waals surface area (Å²) in [4.78, 5) is 11.8. The number of ether oxygens (including phenoxy) is 3. The fourth-order valence-electron chi connectivity index (χ4n) is 1.87. The number of amides is 1. The summed E-state index contributed by atoms with van der Waals surface area (Å²) in [7, 11) is 0. The van der Waals surface area contributed by atoms with Gasteiger partial charge >= 0.3 is 6.18 Å². The minimum Gasteiger partial charge on any atom is -0.494 e. The van der Waals surface area contributed by atoms with Gasteiger partial charge in [-0.3, -0.25) is 4.79 Å². The molecule has 0 fully saturated rings. The Labute approximate surface area is 131 Å². The Kier molecular flexibility index (Phi) is 5.36. The van der Waals surface area contributed by atoms with E-state index in [0.29, 0.717) is 6.61 Å². The SMILES string of the molecule is C[C@@H](COc1ccccc1C(F)(F)F)NC(=O)C1=COCCO1. The number of benzene rings is 1. The molecule has 0 radical (unpaired) electrons. The zero-order chi connectivity index (χ0) is 16.9. The van der Waals surface area contributed by atoms with Gasteiger partial charge in [0.15, 0.2) is 0 Å². The maximum absolute atomic E-state index is 12.8. The fraction of sp³-hybridized carbons (Fsp3) is 0.400. The summed E-state index contributed by atoms with van der Waals surface area (Å²) in [6.07, 6.45) is -3.30. The number of nitrogens with one attached hydrogen (secondary N) is 1. The molecule has 1 aliphatic rings. The molecule has 0 bridgehead atoms. The molecule has 0 aliphatic carbocycles. The Hall–Kier alpha value is -2.38. The number of halogens is 3. The van der Waals surface area contributed by atoms with Gasteiger partial charge < -0.3 is 19.5 Å². The van der Waals surface area contributed by atoms with Crippen molar-refractivity contribution < 1.29 is 32.2 Å². The van der Waals surface area contributed by atoms with Crippen LogP contribution < -0.4 is 10.1 Å². The van der Waals surface area contributed by atoms with Crippen molar-refractivity contribution in [2.24, 2.45) is 0 Å². The zero-order valence-electron chi connectivity index (χ0n) is 12.4. The van der Waals surface area contributed by atoms with E-state index in [9.17, 15) is 18.0 Å². The Morgan fingerprint density at radius 3 is 2.74 bits per heavy atom. The lowest BCUT2D eigenvalue weighted by molar-refractivity contribution is -0.139. The highest BCUT2D eigenvalue weighted by atomic mass is 19.4. The molecule has 1 atom stereocenters. The van der Waals surface area contributed by atoms with E-state index in [4.69, 9.17) is 14.2 Å². The summed E-state index contributed by atoms with van der Waals surface area (Å²) in [6, 6.07) is 4.39. The van der Waals surface area contributed by atoms with Crippen LogP contribution in [0.3, 0.4) is 0 Å². The molecule has 126 valence electrons. The van der Waals surface area contributed by atoms with E-state index >= 15 is 0 Å². The second-order valence-electron chi connectivity index (χ2n) is 4.88. The molecule has 5 nitrogen and oxygen atoms in total. The van der Waals surface area contributed by atoms with Gasteiger partial charge in [-0.1, -0.05) is 12.1 Å². The summed E-state index contributed by atoms with van der Waals surface area (Å²) >= 11 is 0. The quantitative estimate of drug-likeness (QED) is 0.901. The third-order valence-corrected chi connectivity index (χ3v) is 2.93. The van der Waals surface area contributed by atoms with E-state index in [2.05, 4.69) is 5.32 Å². The normalized spacial score (nSPS) is 15.7. The van der Waals surface area contributed by atoms with Crippen LogP contribution in [0, 0.1) is 0 Å². The first kappa shape index (κ1) is 17.0. The van der Waals surface area contributed by atoms with Crippen LogP contribution in [0.25, 0.3) is 0 Å². The van der Waals surface area contributed by atoms with Gasteiger partial charge in [0.1, 0.15) is 31.8 Å². The molecule has 1 aromatic rings. The number of para-hydroxylation sites is 1. The Morgan fingerprint density at radius 1 is 1.35 bits per heavy atom. The average Bonchev–Trinajstić information content (AvgIpc) is 2.53. The first-order valence-corrected chi connectivity index (χ1v) is 6.92. The lowest BCUT2D eigenvalue weighted by Gasteiger charge is -2.19. The molecule has 2 rings (SSSR count). The van der Waals surface area contributed by atoms with Gasteiger partial charge in [0, 0.05) is 0 Å². The molecule has 1 amide bonds. The maximum Gasteiger partial charge on any atom is 0.419 e. The molecule has 1 aromatic carbocycles. The summed E-state index contributed by atoms with van der Waals surface area (Å²) in [5.74, 6) is -0.763. The smallest absolute Gasteiger partial charge is 0.419 e. The molecular formula is C15H16F3NO4. The summed E-state index contributed by atoms with van der Waals surface area (Å²) < 4.78 is 53.8. The topological polar surface area (TPSA) is 56.8 Å². The number of carbonyl (C=O) groups is 1. The van der Waals surface area contributed by atoms with Crippen molar-refractivity contribution in [2.45, 2.75) is 19.1 Å². The van der Waals surface area contributed by atoms with Crippen LogP contribution in [0.5, 0.6) is 5.75 Å². The summed E-state index contributed by atoms with van der Waals surface area (Å²) in [5.41, 5.74) is -0.856. The van der Waals surface area contributed by atoms with Crippen molar-refractivity contribution in [1.29, 1.82) is 0 Å². The predicted octanol–water partition coefficient (Wildman–Crippen LogP) is 2.48. The molecule has 1 aliphatic heterocycles. The molecule has 8 heteroatoms. The molecule has 0 saturated heterocycles. The molecule has 0 unspecified atom stereocenters. The molecule has 1 heterocycles. The van der Waals surface area contributed by atoms with Crippen LogP contribution in [-0.4, -0.2) is 31.8 Å². The maximum atomic E-state index is 12.8. The monoisotopic (exact) mass is 331 g/mol. The second kappa shape index (κ2) is 7.26. The minimum absolute atomic E-state index is 0.0267. The summed E-state index contributed by atoms with van der Waals surface area (Å²) in [6.45, 7) is 2.12. The highest BCUT2D eigenvalue weighted by Crippen LogP contribution is 2.35. The van der Waals surface area contributed by atoms with Crippen molar-refractivity contribution in [1.82, 2.24) is 5.32 Å². The largest absolute Gasteiger partial charge is 0.494 e. The van der Waals surface area contributed by atoms with E-state index in [1.807, 2.05) is 0 Å². The van der Waals surface area contributed by atoms with Crippen LogP contribution in [0.4, 0.5) is 13.2 Å². The van der Waals surface area contributed by atoms with Gasteiger partial charge in [0.2, 0.25) is 5.76 Å². The molecule has 0 saturated carbocycles. The molecule has 23 heavy (non-hydrogen) atoms. The number of hydrogen-bond donors (Lipinski definition) is 1. The minimum atomic E-state index is -4.50. The number of alkyl halides is 3. The van der Waals surface area contributed by atoms with Gasteiger partial charge in [-0.05, 0) is 19.1 Å². The highest BCUT2D eigenvalue weighted by molar-refractivity contribution is 5.91. The molecular weight excluding hydrogens is 315 g/mol. The molecule has 0 spiro atoms. The third kappa shape index (κ3) is 4.80. The number of rotatable bonds is 5. The van der Waals surface area contributed by atoms with E-state index in [1.54, 1.807) is 6.92 Å². The van der Waals surface area contributed by atoms with Crippen LogP contribution in [-0.2, 0) is 20.4 Å².